The molecule has 4 rings (SSSR count). The number of unbranched alkanes of at least 4 members (excludes halogenated alkanes) is 4. The van der Waals surface area contributed by atoms with Gasteiger partial charge in [-0.05, 0) is 60.8 Å². The second-order valence-electron chi connectivity index (χ2n) is 15.1. The van der Waals surface area contributed by atoms with E-state index in [-0.39, 0.29) is 43.5 Å². The Bertz CT molecular complexity index is 1550. The Morgan fingerprint density at radius 2 is 1.62 bits per heavy atom. The predicted molar refractivity (Wildman–Crippen MR) is 200 cm³/mol. The normalized spacial score (nSPS) is 21.7. The van der Waals surface area contributed by atoms with Crippen molar-refractivity contribution in [1.29, 1.82) is 0 Å². The molecule has 0 bridgehead atoms. The van der Waals surface area contributed by atoms with Crippen LogP contribution in [0.25, 0.3) is 11.1 Å². The number of phosphoric ester groups is 1. The van der Waals surface area contributed by atoms with E-state index >= 15 is 0 Å². The first-order valence-electron chi connectivity index (χ1n) is 18.7. The highest BCUT2D eigenvalue weighted by Gasteiger charge is 2.56. The van der Waals surface area contributed by atoms with E-state index in [1.165, 1.54) is 16.7 Å². The first-order chi connectivity index (χ1) is 24.8. The molecule has 0 amide bonds. The van der Waals surface area contributed by atoms with Gasteiger partial charge < -0.3 is 33.0 Å². The minimum atomic E-state index is -4.63. The van der Waals surface area contributed by atoms with Gasteiger partial charge in [-0.2, -0.15) is 0 Å². The van der Waals surface area contributed by atoms with Gasteiger partial charge in [-0.15, -0.1) is 0 Å². The Balaban J connectivity index is 1.25. The van der Waals surface area contributed by atoms with Crippen molar-refractivity contribution >= 4 is 30.9 Å². The fraction of sp³-hybridized carbons (Fsp3) is 0.561. The highest BCUT2D eigenvalue weighted by atomic mass is 31.2. The number of hydrogen-bond donors (Lipinski definition) is 1. The maximum Gasteiger partial charge on any atom is 0.305 e. The molecule has 1 N–H and O–H groups in total. The number of fused-ring (bicyclic) bond motifs is 1. The van der Waals surface area contributed by atoms with Crippen LogP contribution in [0.1, 0.15) is 88.7 Å². The van der Waals surface area contributed by atoms with Gasteiger partial charge >= 0.3 is 11.9 Å². The number of esters is 2. The zero-order valence-corrected chi connectivity index (χ0v) is 32.3. The van der Waals surface area contributed by atoms with Gasteiger partial charge in [0, 0.05) is 24.2 Å². The molecule has 0 saturated heterocycles. The zero-order valence-electron chi connectivity index (χ0n) is 31.4. The SMILES string of the molecule is C=C(c1ccccc1)[C@@]12CC[C@@H](O)[C@@H]1CC(CCCCCCCC(=O)OC[C@H](COP(=O)([O-])OCC[N+](C)(C)C)OC(=O)CC)=C2c1ccccc1. The average Bonchev–Trinajstić information content (AvgIpc) is 3.62. The van der Waals surface area contributed by atoms with Crippen LogP contribution in [-0.4, -0.2) is 81.2 Å². The molecule has 0 heterocycles. The van der Waals surface area contributed by atoms with Crippen LogP contribution in [0.15, 0.2) is 72.8 Å². The van der Waals surface area contributed by atoms with Gasteiger partial charge in [0.15, 0.2) is 6.10 Å². The summed E-state index contributed by atoms with van der Waals surface area (Å²) in [6, 6.07) is 21.0. The third-order valence-corrected chi connectivity index (χ3v) is 11.2. The number of hydrogen-bond acceptors (Lipinski definition) is 9. The van der Waals surface area contributed by atoms with Gasteiger partial charge in [0.05, 0.1) is 33.9 Å². The van der Waals surface area contributed by atoms with E-state index in [1.54, 1.807) is 6.92 Å². The molecule has 1 unspecified atom stereocenters. The Hall–Kier alpha value is -3.11. The number of carbonyl (C=O) groups excluding carboxylic acids is 2. The van der Waals surface area contributed by atoms with Crippen molar-refractivity contribution in [3.8, 4) is 0 Å². The molecule has 52 heavy (non-hydrogen) atoms. The molecule has 5 atom stereocenters. The number of allylic oxidation sites excluding steroid dienone is 3. The lowest BCUT2D eigenvalue weighted by Crippen LogP contribution is -2.37. The van der Waals surface area contributed by atoms with Crippen molar-refractivity contribution < 1.29 is 47.2 Å². The first kappa shape index (κ1) is 41.6. The van der Waals surface area contributed by atoms with Gasteiger partial charge in [-0.25, -0.2) is 0 Å². The summed E-state index contributed by atoms with van der Waals surface area (Å²) in [5, 5.41) is 11.2. The van der Waals surface area contributed by atoms with E-state index in [1.807, 2.05) is 33.3 Å². The number of likely N-dealkylation sites (N-methyl/N-ethyl adjacent to an activating group) is 1. The summed E-state index contributed by atoms with van der Waals surface area (Å²) in [6.07, 6.45) is 6.84. The lowest BCUT2D eigenvalue weighted by Gasteiger charge is -2.37. The second-order valence-corrected chi connectivity index (χ2v) is 16.5. The third kappa shape index (κ3) is 11.7. The van der Waals surface area contributed by atoms with Gasteiger partial charge in [0.2, 0.25) is 0 Å². The van der Waals surface area contributed by atoms with E-state index in [0.717, 1.165) is 62.5 Å². The van der Waals surface area contributed by atoms with E-state index in [9.17, 15) is 24.2 Å². The Labute approximate surface area is 310 Å². The first-order valence-corrected chi connectivity index (χ1v) is 20.2. The Morgan fingerprint density at radius 1 is 0.962 bits per heavy atom. The fourth-order valence-corrected chi connectivity index (χ4v) is 8.26. The molecule has 2 aromatic rings. The average molecular weight is 740 g/mol. The molecule has 0 aromatic heterocycles. The second kappa shape index (κ2) is 19.3. The standard InChI is InChI=1S/C41H58NO9P/c1-6-38(44)51-35(30-50-52(46,47)49-27-26-42(3,4)5)29-48-39(45)23-17-9-7-8-12-22-34-28-36-37(43)24-25-41(36,31(2)32-18-13-10-14-19-32)40(34)33-20-15-11-16-21-33/h10-11,13-16,18-21,35-37,43H,2,6-9,12,17,22-30H2,1,3-5H3/t35-,36+,37-,41+/m1/s1. The van der Waals surface area contributed by atoms with E-state index < -0.39 is 32.5 Å². The van der Waals surface area contributed by atoms with Crippen LogP contribution in [-0.2, 0) is 32.7 Å². The molecule has 0 aliphatic heterocycles. The van der Waals surface area contributed by atoms with Crippen LogP contribution in [0.4, 0.5) is 0 Å². The van der Waals surface area contributed by atoms with Crippen LogP contribution in [0.5, 0.6) is 0 Å². The highest BCUT2D eigenvalue weighted by molar-refractivity contribution is 7.45. The summed E-state index contributed by atoms with van der Waals surface area (Å²) in [5.41, 5.74) is 5.93. The molecule has 0 spiro atoms. The molecular formula is C41H58NO9P. The molecule has 1 saturated carbocycles. The van der Waals surface area contributed by atoms with Crippen LogP contribution in [0, 0.1) is 11.3 Å². The molecule has 11 heteroatoms. The van der Waals surface area contributed by atoms with Crippen molar-refractivity contribution in [3.05, 3.63) is 83.9 Å². The van der Waals surface area contributed by atoms with Gasteiger partial charge in [0.1, 0.15) is 19.8 Å². The highest BCUT2D eigenvalue weighted by Crippen LogP contribution is 2.66. The number of rotatable bonds is 22. The maximum absolute atomic E-state index is 12.5. The summed E-state index contributed by atoms with van der Waals surface area (Å²) in [6.45, 7) is 5.86. The molecule has 2 aliphatic carbocycles. The monoisotopic (exact) mass is 739 g/mol. The minimum absolute atomic E-state index is 0.0541. The Kier molecular flexibility index (Phi) is 15.4. The van der Waals surface area contributed by atoms with Gasteiger partial charge in [-0.1, -0.05) is 99.0 Å². The molecule has 2 aromatic carbocycles. The lowest BCUT2D eigenvalue weighted by molar-refractivity contribution is -0.870. The summed E-state index contributed by atoms with van der Waals surface area (Å²) in [4.78, 5) is 36.6. The number of phosphoric acid groups is 1. The van der Waals surface area contributed by atoms with E-state index in [4.69, 9.17) is 18.5 Å². The third-order valence-electron chi connectivity index (χ3n) is 10.2. The molecule has 0 radical (unpaired) electrons. The number of quaternary nitrogens is 1. The predicted octanol–water partition coefficient (Wildman–Crippen LogP) is 7.12. The lowest BCUT2D eigenvalue weighted by atomic mass is 9.66. The van der Waals surface area contributed by atoms with Crippen LogP contribution in [0.3, 0.4) is 0 Å². The summed E-state index contributed by atoms with van der Waals surface area (Å²) in [7, 11) is 1.09. The summed E-state index contributed by atoms with van der Waals surface area (Å²) < 4.78 is 33.1. The smallest absolute Gasteiger partial charge is 0.305 e. The zero-order chi connectivity index (χ0) is 37.8. The molecule has 10 nitrogen and oxygen atoms in total. The van der Waals surface area contributed by atoms with Crippen LogP contribution < -0.4 is 4.89 Å². The number of aliphatic hydroxyl groups is 1. The number of ether oxygens (including phenoxy) is 2. The maximum atomic E-state index is 12.5. The topological polar surface area (TPSA) is 131 Å². The van der Waals surface area contributed by atoms with E-state index in [0.29, 0.717) is 17.4 Å². The van der Waals surface area contributed by atoms with Crippen molar-refractivity contribution in [3.63, 3.8) is 0 Å². The van der Waals surface area contributed by atoms with Crippen molar-refractivity contribution in [2.24, 2.45) is 11.3 Å². The quantitative estimate of drug-likeness (QED) is 0.0581. The number of benzene rings is 2. The van der Waals surface area contributed by atoms with Crippen LogP contribution >= 0.6 is 7.82 Å². The van der Waals surface area contributed by atoms with Gasteiger partial charge in [-0.3, -0.25) is 14.2 Å². The fourth-order valence-electron chi connectivity index (χ4n) is 7.53. The van der Waals surface area contributed by atoms with Crippen molar-refractivity contribution in [2.45, 2.75) is 89.8 Å². The number of carbonyl (C=O) groups is 2. The minimum Gasteiger partial charge on any atom is -0.756 e. The van der Waals surface area contributed by atoms with Crippen molar-refractivity contribution in [2.75, 3.05) is 47.5 Å². The summed E-state index contributed by atoms with van der Waals surface area (Å²) >= 11 is 0. The Morgan fingerprint density at radius 3 is 2.29 bits per heavy atom. The molecule has 2 aliphatic rings. The number of nitrogens with zero attached hydrogens (tertiary/aromatic N) is 1. The molecule has 286 valence electrons. The number of aliphatic hydroxyl groups excluding tert-OH is 1. The van der Waals surface area contributed by atoms with Gasteiger partial charge in [0.25, 0.3) is 7.82 Å². The van der Waals surface area contributed by atoms with Crippen LogP contribution in [0.2, 0.25) is 0 Å². The molecular weight excluding hydrogens is 681 g/mol. The largest absolute Gasteiger partial charge is 0.756 e. The molecule has 1 fully saturated rings. The summed E-state index contributed by atoms with van der Waals surface area (Å²) in [5.74, 6) is -0.889. The van der Waals surface area contributed by atoms with Crippen molar-refractivity contribution in [1.82, 2.24) is 0 Å². The van der Waals surface area contributed by atoms with E-state index in [2.05, 4.69) is 55.1 Å².